The van der Waals surface area contributed by atoms with Crippen LogP contribution in [0.5, 0.6) is 0 Å². The number of amides is 2. The summed E-state index contributed by atoms with van der Waals surface area (Å²) in [5.41, 5.74) is 3.81. The van der Waals surface area contributed by atoms with Gasteiger partial charge in [0.1, 0.15) is 0 Å². The molecule has 2 amide bonds. The molecule has 0 heterocycles. The highest BCUT2D eigenvalue weighted by molar-refractivity contribution is 6.07. The molecule has 0 aromatic heterocycles. The summed E-state index contributed by atoms with van der Waals surface area (Å²) >= 11 is 0. The summed E-state index contributed by atoms with van der Waals surface area (Å²) in [5.74, 6) is -0.242. The van der Waals surface area contributed by atoms with Gasteiger partial charge in [0.2, 0.25) is 0 Å². The summed E-state index contributed by atoms with van der Waals surface area (Å²) in [6, 6.07) is 23.9. The lowest BCUT2D eigenvalue weighted by Gasteiger charge is -2.21. The van der Waals surface area contributed by atoms with Gasteiger partial charge in [-0.2, -0.15) is 0 Å². The maximum absolute atomic E-state index is 12.9. The number of aryl methyl sites for hydroxylation is 1. The Kier molecular flexibility index (Phi) is 5.67. The molecule has 3 aromatic rings. The number of nitrogens with zero attached hydrogens (tertiary/aromatic N) is 1. The molecule has 0 aliphatic heterocycles. The second-order valence-electron chi connectivity index (χ2n) is 6.29. The second kappa shape index (κ2) is 8.32. The molecule has 0 bridgehead atoms. The van der Waals surface area contributed by atoms with Gasteiger partial charge in [0, 0.05) is 29.0 Å². The van der Waals surface area contributed by atoms with Crippen LogP contribution in [0.4, 0.5) is 11.4 Å². The van der Waals surface area contributed by atoms with E-state index >= 15 is 0 Å². The fourth-order valence-electron chi connectivity index (χ4n) is 2.88. The van der Waals surface area contributed by atoms with Crippen molar-refractivity contribution in [3.63, 3.8) is 0 Å². The molecule has 0 saturated heterocycles. The third kappa shape index (κ3) is 4.42. The van der Waals surface area contributed by atoms with Crippen LogP contribution < -0.4 is 10.2 Å². The average molecular weight is 358 g/mol. The molecule has 4 heteroatoms. The van der Waals surface area contributed by atoms with E-state index in [0.717, 1.165) is 11.3 Å². The summed E-state index contributed by atoms with van der Waals surface area (Å²) in [4.78, 5) is 26.8. The van der Waals surface area contributed by atoms with Crippen LogP contribution in [-0.2, 0) is 0 Å². The monoisotopic (exact) mass is 358 g/mol. The molecule has 3 rings (SSSR count). The molecule has 136 valence electrons. The quantitative estimate of drug-likeness (QED) is 0.704. The molecule has 0 saturated carbocycles. The van der Waals surface area contributed by atoms with E-state index in [-0.39, 0.29) is 11.8 Å². The first-order valence-electron chi connectivity index (χ1n) is 8.93. The Labute approximate surface area is 159 Å². The van der Waals surface area contributed by atoms with Crippen LogP contribution in [-0.4, -0.2) is 18.4 Å². The van der Waals surface area contributed by atoms with Crippen molar-refractivity contribution in [3.8, 4) is 0 Å². The number of carbonyl (C=O) groups excluding carboxylic acids is 2. The van der Waals surface area contributed by atoms with Crippen LogP contribution in [0.2, 0.25) is 0 Å². The van der Waals surface area contributed by atoms with Crippen molar-refractivity contribution in [2.45, 2.75) is 13.8 Å². The molecule has 0 unspecified atom stereocenters. The van der Waals surface area contributed by atoms with Crippen molar-refractivity contribution < 1.29 is 9.59 Å². The Morgan fingerprint density at radius 2 is 1.56 bits per heavy atom. The summed E-state index contributed by atoms with van der Waals surface area (Å²) in [5, 5.41) is 2.84. The van der Waals surface area contributed by atoms with E-state index in [1.54, 1.807) is 41.3 Å². The van der Waals surface area contributed by atoms with Crippen LogP contribution in [0, 0.1) is 6.92 Å². The van der Waals surface area contributed by atoms with Crippen LogP contribution >= 0.6 is 0 Å². The molecule has 1 N–H and O–H groups in total. The number of nitrogens with one attached hydrogen (secondary N) is 1. The van der Waals surface area contributed by atoms with Crippen LogP contribution in [0.1, 0.15) is 33.2 Å². The lowest BCUT2D eigenvalue weighted by molar-refractivity contribution is 0.0987. The van der Waals surface area contributed by atoms with E-state index in [2.05, 4.69) is 5.32 Å². The molecule has 27 heavy (non-hydrogen) atoms. The minimum absolute atomic E-state index is 0.0657. The average Bonchev–Trinajstić information content (AvgIpc) is 2.70. The van der Waals surface area contributed by atoms with E-state index in [4.69, 9.17) is 0 Å². The van der Waals surface area contributed by atoms with Crippen LogP contribution in [0.3, 0.4) is 0 Å². The maximum atomic E-state index is 12.9. The predicted octanol–water partition coefficient (Wildman–Crippen LogP) is 4.91. The summed E-state index contributed by atoms with van der Waals surface area (Å²) < 4.78 is 0. The van der Waals surface area contributed by atoms with Crippen molar-refractivity contribution >= 4 is 23.2 Å². The minimum atomic E-state index is -0.176. The molecule has 0 spiro atoms. The smallest absolute Gasteiger partial charge is 0.258 e. The van der Waals surface area contributed by atoms with Gasteiger partial charge < -0.3 is 10.2 Å². The van der Waals surface area contributed by atoms with Crippen molar-refractivity contribution in [1.82, 2.24) is 0 Å². The predicted molar refractivity (Wildman–Crippen MR) is 109 cm³/mol. The topological polar surface area (TPSA) is 49.4 Å². The van der Waals surface area contributed by atoms with Crippen molar-refractivity contribution in [3.05, 3.63) is 95.6 Å². The maximum Gasteiger partial charge on any atom is 0.258 e. The molecule has 4 nitrogen and oxygen atoms in total. The normalized spacial score (nSPS) is 10.3. The zero-order valence-electron chi connectivity index (χ0n) is 15.5. The fourth-order valence-corrected chi connectivity index (χ4v) is 2.88. The van der Waals surface area contributed by atoms with Gasteiger partial charge in [-0.05, 0) is 67.9 Å². The van der Waals surface area contributed by atoms with Gasteiger partial charge in [-0.15, -0.1) is 0 Å². The zero-order chi connectivity index (χ0) is 19.2. The first kappa shape index (κ1) is 18.4. The van der Waals surface area contributed by atoms with Crippen LogP contribution in [0.25, 0.3) is 0 Å². The van der Waals surface area contributed by atoms with Gasteiger partial charge >= 0.3 is 0 Å². The Morgan fingerprint density at radius 3 is 2.19 bits per heavy atom. The van der Waals surface area contributed by atoms with Gasteiger partial charge in [-0.1, -0.05) is 30.3 Å². The van der Waals surface area contributed by atoms with E-state index in [9.17, 15) is 9.59 Å². The van der Waals surface area contributed by atoms with E-state index < -0.39 is 0 Å². The van der Waals surface area contributed by atoms with Crippen molar-refractivity contribution in [1.29, 1.82) is 0 Å². The molecule has 0 fully saturated rings. The number of rotatable bonds is 5. The summed E-state index contributed by atoms with van der Waals surface area (Å²) in [6.45, 7) is 4.54. The number of hydrogen-bond donors (Lipinski definition) is 1. The number of hydrogen-bond acceptors (Lipinski definition) is 2. The largest absolute Gasteiger partial charge is 0.322 e. The lowest BCUT2D eigenvalue weighted by atomic mass is 10.1. The Hall–Kier alpha value is -3.40. The third-order valence-electron chi connectivity index (χ3n) is 4.30. The molecule has 0 radical (unpaired) electrons. The zero-order valence-corrected chi connectivity index (χ0v) is 15.5. The number of anilines is 2. The molecular weight excluding hydrogens is 336 g/mol. The van der Waals surface area contributed by atoms with Crippen molar-refractivity contribution in [2.24, 2.45) is 0 Å². The van der Waals surface area contributed by atoms with Crippen LogP contribution in [0.15, 0.2) is 78.9 Å². The molecule has 0 aliphatic rings. The Balaban J connectivity index is 1.74. The highest BCUT2D eigenvalue weighted by Gasteiger charge is 2.16. The molecular formula is C23H22N2O2. The highest BCUT2D eigenvalue weighted by Crippen LogP contribution is 2.20. The van der Waals surface area contributed by atoms with Crippen molar-refractivity contribution in [2.75, 3.05) is 16.8 Å². The van der Waals surface area contributed by atoms with E-state index in [0.29, 0.717) is 23.4 Å². The molecule has 3 aromatic carbocycles. The van der Waals surface area contributed by atoms with Gasteiger partial charge in [-0.25, -0.2) is 0 Å². The van der Waals surface area contributed by atoms with E-state index in [1.165, 1.54) is 0 Å². The minimum Gasteiger partial charge on any atom is -0.322 e. The molecule has 0 atom stereocenters. The standard InChI is InChI=1S/C23H22N2O2/c1-3-25(21-11-7-8-17(2)16-21)23(27)19-12-14-20(15-13-19)24-22(26)18-9-5-4-6-10-18/h4-16H,3H2,1-2H3,(H,24,26). The number of benzene rings is 3. The highest BCUT2D eigenvalue weighted by atomic mass is 16.2. The van der Waals surface area contributed by atoms with Gasteiger partial charge in [0.05, 0.1) is 0 Å². The van der Waals surface area contributed by atoms with Gasteiger partial charge in [0.25, 0.3) is 11.8 Å². The van der Waals surface area contributed by atoms with Gasteiger partial charge in [-0.3, -0.25) is 9.59 Å². The lowest BCUT2D eigenvalue weighted by Crippen LogP contribution is -2.30. The van der Waals surface area contributed by atoms with Gasteiger partial charge in [0.15, 0.2) is 0 Å². The number of carbonyl (C=O) groups is 2. The summed E-state index contributed by atoms with van der Waals surface area (Å²) in [7, 11) is 0. The summed E-state index contributed by atoms with van der Waals surface area (Å²) in [6.07, 6.45) is 0. The Bertz CT molecular complexity index is 934. The first-order chi connectivity index (χ1) is 13.1. The Morgan fingerprint density at radius 1 is 0.852 bits per heavy atom. The fraction of sp³-hybridized carbons (Fsp3) is 0.130. The first-order valence-corrected chi connectivity index (χ1v) is 8.93. The van der Waals surface area contributed by atoms with E-state index in [1.807, 2.05) is 56.3 Å². The third-order valence-corrected chi connectivity index (χ3v) is 4.30. The molecule has 0 aliphatic carbocycles. The second-order valence-corrected chi connectivity index (χ2v) is 6.29. The SMILES string of the molecule is CCN(C(=O)c1ccc(NC(=O)c2ccccc2)cc1)c1cccc(C)c1.